The highest BCUT2D eigenvalue weighted by molar-refractivity contribution is 9.10. The van der Waals surface area contributed by atoms with Crippen LogP contribution in [0.2, 0.25) is 0 Å². The van der Waals surface area contributed by atoms with Crippen LogP contribution in [-0.2, 0) is 11.3 Å². The summed E-state index contributed by atoms with van der Waals surface area (Å²) in [5.41, 5.74) is 1.81. The highest BCUT2D eigenvalue weighted by atomic mass is 79.9. The van der Waals surface area contributed by atoms with Crippen molar-refractivity contribution in [3.05, 3.63) is 40.6 Å². The molecule has 5 nitrogen and oxygen atoms in total. The Kier molecular flexibility index (Phi) is 3.53. The van der Waals surface area contributed by atoms with Crippen molar-refractivity contribution >= 4 is 27.5 Å². The molecule has 1 N–H and O–H groups in total. The molecular weight excluding hydrogens is 284 g/mol. The van der Waals surface area contributed by atoms with Crippen LogP contribution < -0.4 is 5.32 Å². The molecule has 0 fully saturated rings. The molecule has 1 aromatic heterocycles. The minimum absolute atomic E-state index is 0.128. The lowest BCUT2D eigenvalue weighted by Crippen LogP contribution is -2.19. The zero-order valence-corrected chi connectivity index (χ0v) is 10.8. The Morgan fingerprint density at radius 1 is 1.53 bits per heavy atom. The molecule has 6 heteroatoms. The van der Waals surface area contributed by atoms with Crippen LogP contribution in [0.4, 0.5) is 5.69 Å². The number of nitrogens with zero attached hydrogens (tertiary/aromatic N) is 3. The van der Waals surface area contributed by atoms with E-state index in [0.29, 0.717) is 0 Å². The molecule has 0 aliphatic rings. The maximum atomic E-state index is 11.7. The van der Waals surface area contributed by atoms with Crippen molar-refractivity contribution in [3.8, 4) is 0 Å². The van der Waals surface area contributed by atoms with Crippen LogP contribution in [0.5, 0.6) is 0 Å². The molecule has 0 saturated carbocycles. The van der Waals surface area contributed by atoms with Gasteiger partial charge in [-0.15, -0.1) is 5.10 Å². The van der Waals surface area contributed by atoms with Gasteiger partial charge in [0.1, 0.15) is 6.54 Å². The van der Waals surface area contributed by atoms with Gasteiger partial charge in [-0.25, -0.2) is 4.68 Å². The second-order valence-corrected chi connectivity index (χ2v) is 4.52. The maximum Gasteiger partial charge on any atom is 0.246 e. The van der Waals surface area contributed by atoms with Crippen molar-refractivity contribution < 1.29 is 4.79 Å². The molecule has 1 amide bonds. The summed E-state index contributed by atoms with van der Waals surface area (Å²) >= 11 is 3.37. The zero-order chi connectivity index (χ0) is 12.3. The molecule has 0 aliphatic heterocycles. The second kappa shape index (κ2) is 5.09. The van der Waals surface area contributed by atoms with Crippen LogP contribution in [0.3, 0.4) is 0 Å². The van der Waals surface area contributed by atoms with Crippen molar-refractivity contribution in [2.24, 2.45) is 0 Å². The fraction of sp³-hybridized carbons (Fsp3) is 0.182. The van der Waals surface area contributed by atoms with Crippen LogP contribution in [-0.4, -0.2) is 20.9 Å². The number of amides is 1. The van der Waals surface area contributed by atoms with Gasteiger partial charge in [-0.1, -0.05) is 27.2 Å². The lowest BCUT2D eigenvalue weighted by atomic mass is 10.2. The summed E-state index contributed by atoms with van der Waals surface area (Å²) in [4.78, 5) is 11.7. The molecule has 0 aliphatic carbocycles. The van der Waals surface area contributed by atoms with Crippen molar-refractivity contribution in [2.45, 2.75) is 13.5 Å². The molecule has 1 aromatic carbocycles. The standard InChI is InChI=1S/C11H11BrN4O/c1-8-2-3-9(12)6-10(8)14-11(17)7-16-5-4-13-15-16/h2-6H,7H2,1H3,(H,14,17). The third-order valence-corrected chi connectivity index (χ3v) is 2.74. The smallest absolute Gasteiger partial charge is 0.246 e. The van der Waals surface area contributed by atoms with Gasteiger partial charge >= 0.3 is 0 Å². The van der Waals surface area contributed by atoms with E-state index in [1.54, 1.807) is 6.20 Å². The lowest BCUT2D eigenvalue weighted by Gasteiger charge is -2.08. The Labute approximate surface area is 107 Å². The number of rotatable bonds is 3. The predicted octanol–water partition coefficient (Wildman–Crippen LogP) is 1.99. The Hall–Kier alpha value is -1.69. The largest absolute Gasteiger partial charge is 0.324 e. The van der Waals surface area contributed by atoms with E-state index in [9.17, 15) is 4.79 Å². The SMILES string of the molecule is Cc1ccc(Br)cc1NC(=O)Cn1ccnn1. The highest BCUT2D eigenvalue weighted by Gasteiger charge is 2.06. The summed E-state index contributed by atoms with van der Waals surface area (Å²) in [6, 6.07) is 5.74. The van der Waals surface area contributed by atoms with Gasteiger partial charge in [0.2, 0.25) is 5.91 Å². The third-order valence-electron chi connectivity index (χ3n) is 2.25. The number of aromatic nitrogens is 3. The van der Waals surface area contributed by atoms with Gasteiger partial charge in [0, 0.05) is 16.4 Å². The average Bonchev–Trinajstić information content (AvgIpc) is 2.76. The minimum Gasteiger partial charge on any atom is -0.324 e. The summed E-state index contributed by atoms with van der Waals surface area (Å²) in [7, 11) is 0. The summed E-state index contributed by atoms with van der Waals surface area (Å²) in [5, 5.41) is 10.2. The number of aryl methyl sites for hydroxylation is 1. The molecule has 1 heterocycles. The number of hydrogen-bond donors (Lipinski definition) is 1. The van der Waals surface area contributed by atoms with E-state index in [0.717, 1.165) is 15.7 Å². The molecule has 0 radical (unpaired) electrons. The first kappa shape index (κ1) is 11.8. The first-order chi connectivity index (χ1) is 8.15. The quantitative estimate of drug-likeness (QED) is 0.942. The van der Waals surface area contributed by atoms with Gasteiger partial charge in [-0.3, -0.25) is 4.79 Å². The van der Waals surface area contributed by atoms with E-state index in [1.165, 1.54) is 10.9 Å². The van der Waals surface area contributed by atoms with Crippen molar-refractivity contribution in [1.82, 2.24) is 15.0 Å². The second-order valence-electron chi connectivity index (χ2n) is 3.61. The van der Waals surface area contributed by atoms with Crippen LogP contribution in [0.25, 0.3) is 0 Å². The first-order valence-electron chi connectivity index (χ1n) is 5.05. The topological polar surface area (TPSA) is 59.8 Å². The minimum atomic E-state index is -0.128. The fourth-order valence-electron chi connectivity index (χ4n) is 1.38. The molecular formula is C11H11BrN4O. The molecule has 0 atom stereocenters. The van der Waals surface area contributed by atoms with Crippen molar-refractivity contribution in [3.63, 3.8) is 0 Å². The van der Waals surface area contributed by atoms with Crippen molar-refractivity contribution in [2.75, 3.05) is 5.32 Å². The summed E-state index contributed by atoms with van der Waals surface area (Å²) in [6.45, 7) is 2.10. The Morgan fingerprint density at radius 2 is 2.35 bits per heavy atom. The molecule has 88 valence electrons. The normalized spacial score (nSPS) is 10.2. The van der Waals surface area contributed by atoms with Gasteiger partial charge in [0.25, 0.3) is 0 Å². The molecule has 0 spiro atoms. The fourth-order valence-corrected chi connectivity index (χ4v) is 1.74. The van der Waals surface area contributed by atoms with Gasteiger partial charge in [0.05, 0.1) is 6.20 Å². The monoisotopic (exact) mass is 294 g/mol. The number of carbonyl (C=O) groups excluding carboxylic acids is 1. The van der Waals surface area contributed by atoms with Crippen LogP contribution in [0.1, 0.15) is 5.56 Å². The Balaban J connectivity index is 2.05. The Morgan fingerprint density at radius 3 is 3.06 bits per heavy atom. The summed E-state index contributed by atoms with van der Waals surface area (Å²) in [6.07, 6.45) is 3.19. The number of anilines is 1. The Bertz CT molecular complexity index is 524. The van der Waals surface area contributed by atoms with Gasteiger partial charge < -0.3 is 5.32 Å². The number of halogens is 1. The highest BCUT2D eigenvalue weighted by Crippen LogP contribution is 2.20. The first-order valence-corrected chi connectivity index (χ1v) is 5.84. The number of nitrogens with one attached hydrogen (secondary N) is 1. The number of hydrogen-bond acceptors (Lipinski definition) is 3. The summed E-state index contributed by atoms with van der Waals surface area (Å²) in [5.74, 6) is -0.128. The summed E-state index contributed by atoms with van der Waals surface area (Å²) < 4.78 is 2.40. The molecule has 0 bridgehead atoms. The van der Waals surface area contributed by atoms with Crippen LogP contribution in [0.15, 0.2) is 35.1 Å². The van der Waals surface area contributed by atoms with E-state index in [2.05, 4.69) is 31.6 Å². The third kappa shape index (κ3) is 3.13. The van der Waals surface area contributed by atoms with E-state index in [4.69, 9.17) is 0 Å². The van der Waals surface area contributed by atoms with Gasteiger partial charge in [-0.2, -0.15) is 0 Å². The number of carbonyl (C=O) groups is 1. The van der Waals surface area contributed by atoms with E-state index < -0.39 is 0 Å². The number of benzene rings is 1. The average molecular weight is 295 g/mol. The van der Waals surface area contributed by atoms with Gasteiger partial charge in [0.15, 0.2) is 0 Å². The zero-order valence-electron chi connectivity index (χ0n) is 9.22. The van der Waals surface area contributed by atoms with Crippen LogP contribution in [0, 0.1) is 6.92 Å². The van der Waals surface area contributed by atoms with Crippen molar-refractivity contribution in [1.29, 1.82) is 0 Å². The van der Waals surface area contributed by atoms with E-state index in [-0.39, 0.29) is 12.5 Å². The molecule has 17 heavy (non-hydrogen) atoms. The van der Waals surface area contributed by atoms with Gasteiger partial charge in [-0.05, 0) is 24.6 Å². The maximum absolute atomic E-state index is 11.7. The van der Waals surface area contributed by atoms with E-state index in [1.807, 2.05) is 25.1 Å². The lowest BCUT2D eigenvalue weighted by molar-refractivity contribution is -0.116. The molecule has 0 unspecified atom stereocenters. The van der Waals surface area contributed by atoms with E-state index >= 15 is 0 Å². The molecule has 2 aromatic rings. The predicted molar refractivity (Wildman–Crippen MR) is 67.5 cm³/mol. The molecule has 2 rings (SSSR count). The van der Waals surface area contributed by atoms with Crippen LogP contribution >= 0.6 is 15.9 Å². The molecule has 0 saturated heterocycles.